The maximum atomic E-state index is 11.9. The number of carbonyl (C=O) groups excluding carboxylic acids is 2. The minimum atomic E-state index is 0.150. The van der Waals surface area contributed by atoms with Gasteiger partial charge in [-0.25, -0.2) is 0 Å². The molecule has 2 rings (SSSR count). The van der Waals surface area contributed by atoms with Gasteiger partial charge in [-0.15, -0.1) is 0 Å². The third-order valence-corrected chi connectivity index (χ3v) is 5.59. The largest absolute Gasteiger partial charge is 0.341 e. The van der Waals surface area contributed by atoms with Crippen LogP contribution in [0.4, 0.5) is 0 Å². The first-order valence-corrected chi connectivity index (χ1v) is 9.00. The molecule has 0 aromatic carbocycles. The van der Waals surface area contributed by atoms with Crippen LogP contribution in [0.15, 0.2) is 0 Å². The van der Waals surface area contributed by atoms with E-state index in [1.54, 1.807) is 6.92 Å². The van der Waals surface area contributed by atoms with Gasteiger partial charge in [0.25, 0.3) is 0 Å². The molecule has 1 atom stereocenters. The lowest BCUT2D eigenvalue weighted by Gasteiger charge is -2.28. The van der Waals surface area contributed by atoms with Crippen LogP contribution in [0.25, 0.3) is 0 Å². The Hall–Kier alpha value is -0.200. The lowest BCUT2D eigenvalue weighted by molar-refractivity contribution is -0.127. The molecular formula is C13H22N2O2S2. The van der Waals surface area contributed by atoms with Crippen molar-refractivity contribution >= 4 is 34.5 Å². The van der Waals surface area contributed by atoms with Gasteiger partial charge in [0, 0.05) is 63.3 Å². The second-order valence-electron chi connectivity index (χ2n) is 5.17. The standard InChI is InChI=1S/C13H22N2O2S2/c1-11(16)19-10-12-8-13(17)15(9-12)3-2-14-4-6-18-7-5-14/h12H,2-10H2,1H3. The Bertz CT molecular complexity index is 333. The van der Waals surface area contributed by atoms with Gasteiger partial charge in [0.1, 0.15) is 0 Å². The number of thioether (sulfide) groups is 2. The summed E-state index contributed by atoms with van der Waals surface area (Å²) in [6, 6.07) is 0. The zero-order valence-electron chi connectivity index (χ0n) is 11.5. The molecule has 2 fully saturated rings. The van der Waals surface area contributed by atoms with E-state index in [4.69, 9.17) is 0 Å². The van der Waals surface area contributed by atoms with Crippen molar-refractivity contribution in [2.45, 2.75) is 13.3 Å². The van der Waals surface area contributed by atoms with E-state index < -0.39 is 0 Å². The van der Waals surface area contributed by atoms with Crippen molar-refractivity contribution in [2.75, 3.05) is 50.0 Å². The summed E-state index contributed by atoms with van der Waals surface area (Å²) in [7, 11) is 0. The van der Waals surface area contributed by atoms with Gasteiger partial charge in [-0.1, -0.05) is 11.8 Å². The van der Waals surface area contributed by atoms with Crippen molar-refractivity contribution in [3.8, 4) is 0 Å². The van der Waals surface area contributed by atoms with Crippen molar-refractivity contribution in [1.29, 1.82) is 0 Å². The molecule has 19 heavy (non-hydrogen) atoms. The fraction of sp³-hybridized carbons (Fsp3) is 0.846. The van der Waals surface area contributed by atoms with E-state index in [9.17, 15) is 9.59 Å². The van der Waals surface area contributed by atoms with Gasteiger partial charge in [0.05, 0.1) is 0 Å². The van der Waals surface area contributed by atoms with Crippen molar-refractivity contribution in [1.82, 2.24) is 9.80 Å². The predicted molar refractivity (Wildman–Crippen MR) is 81.6 cm³/mol. The van der Waals surface area contributed by atoms with Gasteiger partial charge in [-0.05, 0) is 5.92 Å². The van der Waals surface area contributed by atoms with Gasteiger partial charge in [0.15, 0.2) is 5.12 Å². The van der Waals surface area contributed by atoms with E-state index in [-0.39, 0.29) is 11.0 Å². The van der Waals surface area contributed by atoms with E-state index in [0.717, 1.165) is 38.5 Å². The zero-order valence-corrected chi connectivity index (χ0v) is 13.1. The first kappa shape index (κ1) is 15.2. The first-order valence-electron chi connectivity index (χ1n) is 6.86. The molecule has 0 aliphatic carbocycles. The van der Waals surface area contributed by atoms with Crippen molar-refractivity contribution in [3.63, 3.8) is 0 Å². The van der Waals surface area contributed by atoms with Crippen LogP contribution in [0.5, 0.6) is 0 Å². The number of carbonyl (C=O) groups is 2. The Labute approximate surface area is 123 Å². The summed E-state index contributed by atoms with van der Waals surface area (Å²) < 4.78 is 0. The fourth-order valence-corrected chi connectivity index (χ4v) is 4.18. The molecule has 4 nitrogen and oxygen atoms in total. The topological polar surface area (TPSA) is 40.6 Å². The molecule has 2 aliphatic heterocycles. The van der Waals surface area contributed by atoms with E-state index in [1.165, 1.54) is 23.3 Å². The monoisotopic (exact) mass is 302 g/mol. The molecule has 6 heteroatoms. The van der Waals surface area contributed by atoms with E-state index in [1.807, 2.05) is 16.7 Å². The Morgan fingerprint density at radius 1 is 1.37 bits per heavy atom. The Morgan fingerprint density at radius 3 is 2.79 bits per heavy atom. The summed E-state index contributed by atoms with van der Waals surface area (Å²) in [5.74, 6) is 3.84. The summed E-state index contributed by atoms with van der Waals surface area (Å²) in [6.45, 7) is 6.57. The summed E-state index contributed by atoms with van der Waals surface area (Å²) in [6.07, 6.45) is 0.621. The van der Waals surface area contributed by atoms with E-state index in [0.29, 0.717) is 12.3 Å². The molecule has 0 aromatic rings. The highest BCUT2D eigenvalue weighted by Gasteiger charge is 2.29. The molecule has 1 unspecified atom stereocenters. The van der Waals surface area contributed by atoms with Crippen LogP contribution >= 0.6 is 23.5 Å². The van der Waals surface area contributed by atoms with Crippen molar-refractivity contribution in [3.05, 3.63) is 0 Å². The molecule has 0 bridgehead atoms. The maximum Gasteiger partial charge on any atom is 0.222 e. The lowest BCUT2D eigenvalue weighted by Crippen LogP contribution is -2.40. The lowest BCUT2D eigenvalue weighted by atomic mass is 10.1. The average Bonchev–Trinajstić information content (AvgIpc) is 2.76. The molecule has 0 radical (unpaired) electrons. The molecule has 0 aromatic heterocycles. The molecule has 2 saturated heterocycles. The number of rotatable bonds is 5. The summed E-state index contributed by atoms with van der Waals surface area (Å²) in [4.78, 5) is 27.3. The Kier molecular flexibility index (Phi) is 6.04. The Balaban J connectivity index is 1.69. The second kappa shape index (κ2) is 7.55. The summed E-state index contributed by atoms with van der Waals surface area (Å²) >= 11 is 3.36. The van der Waals surface area contributed by atoms with Crippen LogP contribution in [-0.4, -0.2) is 70.8 Å². The van der Waals surface area contributed by atoms with Gasteiger partial charge in [0.2, 0.25) is 5.91 Å². The van der Waals surface area contributed by atoms with Gasteiger partial charge in [-0.3, -0.25) is 14.5 Å². The molecule has 2 aliphatic rings. The predicted octanol–water partition coefficient (Wildman–Crippen LogP) is 1.16. The van der Waals surface area contributed by atoms with Crippen molar-refractivity contribution in [2.24, 2.45) is 5.92 Å². The SMILES string of the molecule is CC(=O)SCC1CC(=O)N(CCN2CCSCC2)C1. The van der Waals surface area contributed by atoms with Gasteiger partial charge >= 0.3 is 0 Å². The molecule has 108 valence electrons. The highest BCUT2D eigenvalue weighted by Crippen LogP contribution is 2.22. The molecule has 2 heterocycles. The van der Waals surface area contributed by atoms with Crippen molar-refractivity contribution < 1.29 is 9.59 Å². The van der Waals surface area contributed by atoms with Crippen LogP contribution < -0.4 is 0 Å². The van der Waals surface area contributed by atoms with Crippen LogP contribution in [0.1, 0.15) is 13.3 Å². The molecule has 0 saturated carbocycles. The Morgan fingerprint density at radius 2 is 2.11 bits per heavy atom. The molecule has 0 spiro atoms. The number of nitrogens with zero attached hydrogens (tertiary/aromatic N) is 2. The number of amides is 1. The summed E-state index contributed by atoms with van der Waals surface area (Å²) in [5.41, 5.74) is 0. The second-order valence-corrected chi connectivity index (χ2v) is 7.59. The molecule has 0 N–H and O–H groups in total. The average molecular weight is 302 g/mol. The number of likely N-dealkylation sites (tertiary alicyclic amines) is 1. The highest BCUT2D eigenvalue weighted by atomic mass is 32.2. The molecular weight excluding hydrogens is 280 g/mol. The van der Waals surface area contributed by atoms with E-state index >= 15 is 0 Å². The fourth-order valence-electron chi connectivity index (χ4n) is 2.50. The normalized spacial score (nSPS) is 25.0. The third kappa shape index (κ3) is 5.00. The minimum Gasteiger partial charge on any atom is -0.341 e. The van der Waals surface area contributed by atoms with E-state index in [2.05, 4.69) is 4.90 Å². The molecule has 1 amide bonds. The smallest absolute Gasteiger partial charge is 0.222 e. The zero-order chi connectivity index (χ0) is 13.7. The maximum absolute atomic E-state index is 11.9. The third-order valence-electron chi connectivity index (χ3n) is 3.61. The highest BCUT2D eigenvalue weighted by molar-refractivity contribution is 8.13. The van der Waals surface area contributed by atoms with Crippen LogP contribution in [0.2, 0.25) is 0 Å². The van der Waals surface area contributed by atoms with Crippen LogP contribution in [0.3, 0.4) is 0 Å². The van der Waals surface area contributed by atoms with Gasteiger partial charge in [-0.2, -0.15) is 11.8 Å². The quantitative estimate of drug-likeness (QED) is 0.762. The van der Waals surface area contributed by atoms with Crippen LogP contribution in [0, 0.1) is 5.92 Å². The summed E-state index contributed by atoms with van der Waals surface area (Å²) in [5, 5.41) is 0.150. The first-order chi connectivity index (χ1) is 9.15. The number of hydrogen-bond donors (Lipinski definition) is 0. The number of hydrogen-bond acceptors (Lipinski definition) is 5. The van der Waals surface area contributed by atoms with Gasteiger partial charge < -0.3 is 4.90 Å². The van der Waals surface area contributed by atoms with Crippen LogP contribution in [-0.2, 0) is 9.59 Å². The minimum absolute atomic E-state index is 0.150.